The second-order valence-electron chi connectivity index (χ2n) is 2.13. The van der Waals surface area contributed by atoms with Crippen molar-refractivity contribution in [2.75, 3.05) is 12.3 Å². The first-order chi connectivity index (χ1) is 5.97. The Morgan fingerprint density at radius 2 is 2.15 bits per heavy atom. The zero-order valence-corrected chi connectivity index (χ0v) is 7.36. The standard InChI is InChI=1S/C5H8N2O5S/c8-4(1-7(11)12)6-3(2-13)5(9)10/h3,13H,1-2H2,(H,6,8)(H,9,10)/t3-/m0/s1. The highest BCUT2D eigenvalue weighted by atomic mass is 32.1. The minimum Gasteiger partial charge on any atom is -0.480 e. The van der Waals surface area contributed by atoms with Crippen molar-refractivity contribution in [2.24, 2.45) is 0 Å². The summed E-state index contributed by atoms with van der Waals surface area (Å²) in [6.07, 6.45) is 0. The average Bonchev–Trinajstić information content (AvgIpc) is 1.98. The minimum atomic E-state index is -1.27. The van der Waals surface area contributed by atoms with Crippen molar-refractivity contribution < 1.29 is 19.6 Å². The summed E-state index contributed by atoms with van der Waals surface area (Å²) in [6, 6.07) is -1.18. The number of thiol groups is 1. The molecule has 8 heteroatoms. The van der Waals surface area contributed by atoms with Crippen LogP contribution in [0.15, 0.2) is 0 Å². The summed E-state index contributed by atoms with van der Waals surface area (Å²) in [7, 11) is 0. The second kappa shape index (κ2) is 5.36. The zero-order chi connectivity index (χ0) is 10.4. The van der Waals surface area contributed by atoms with Crippen LogP contribution in [0.4, 0.5) is 0 Å². The smallest absolute Gasteiger partial charge is 0.327 e. The van der Waals surface area contributed by atoms with Gasteiger partial charge in [0.1, 0.15) is 6.04 Å². The summed E-state index contributed by atoms with van der Waals surface area (Å²) in [4.78, 5) is 30.0. The molecule has 7 nitrogen and oxygen atoms in total. The molecule has 0 aromatic rings. The Bertz CT molecular complexity index is 231. The van der Waals surface area contributed by atoms with E-state index in [1.807, 2.05) is 5.32 Å². The van der Waals surface area contributed by atoms with E-state index in [1.165, 1.54) is 0 Å². The fourth-order valence-corrected chi connectivity index (χ4v) is 0.790. The second-order valence-corrected chi connectivity index (χ2v) is 2.50. The summed E-state index contributed by atoms with van der Waals surface area (Å²) in [6.45, 7) is -0.933. The normalized spacial score (nSPS) is 11.8. The number of carboxylic acids is 1. The lowest BCUT2D eigenvalue weighted by Gasteiger charge is -2.09. The van der Waals surface area contributed by atoms with Gasteiger partial charge < -0.3 is 10.4 Å². The molecular weight excluding hydrogens is 200 g/mol. The van der Waals surface area contributed by atoms with Crippen molar-refractivity contribution in [3.05, 3.63) is 10.1 Å². The van der Waals surface area contributed by atoms with Crippen LogP contribution in [-0.2, 0) is 9.59 Å². The number of nitrogens with zero attached hydrogens (tertiary/aromatic N) is 1. The highest BCUT2D eigenvalue weighted by Gasteiger charge is 2.20. The van der Waals surface area contributed by atoms with Gasteiger partial charge in [0.2, 0.25) is 0 Å². The van der Waals surface area contributed by atoms with E-state index in [0.29, 0.717) is 0 Å². The van der Waals surface area contributed by atoms with Crippen LogP contribution in [0.3, 0.4) is 0 Å². The maximum Gasteiger partial charge on any atom is 0.327 e. The van der Waals surface area contributed by atoms with Crippen molar-refractivity contribution in [3.63, 3.8) is 0 Å². The van der Waals surface area contributed by atoms with Crippen molar-refractivity contribution >= 4 is 24.5 Å². The van der Waals surface area contributed by atoms with Crippen LogP contribution in [0.2, 0.25) is 0 Å². The molecule has 0 aliphatic rings. The molecule has 0 aromatic heterocycles. The van der Waals surface area contributed by atoms with E-state index in [9.17, 15) is 19.7 Å². The summed E-state index contributed by atoms with van der Waals surface area (Å²) < 4.78 is 0. The van der Waals surface area contributed by atoms with Gasteiger partial charge in [-0.15, -0.1) is 0 Å². The highest BCUT2D eigenvalue weighted by Crippen LogP contribution is 1.88. The van der Waals surface area contributed by atoms with Crippen LogP contribution >= 0.6 is 12.6 Å². The van der Waals surface area contributed by atoms with Crippen LogP contribution in [0.1, 0.15) is 0 Å². The number of nitrogens with one attached hydrogen (secondary N) is 1. The van der Waals surface area contributed by atoms with Crippen LogP contribution in [0.5, 0.6) is 0 Å². The van der Waals surface area contributed by atoms with Crippen LogP contribution in [-0.4, -0.2) is 40.2 Å². The van der Waals surface area contributed by atoms with Gasteiger partial charge in [0.05, 0.1) is 0 Å². The van der Waals surface area contributed by atoms with Crippen LogP contribution in [0, 0.1) is 10.1 Å². The number of rotatable bonds is 5. The lowest BCUT2D eigenvalue weighted by molar-refractivity contribution is -0.467. The summed E-state index contributed by atoms with van der Waals surface area (Å²) in [5.41, 5.74) is 0. The molecule has 2 N–H and O–H groups in total. The third-order valence-corrected chi connectivity index (χ3v) is 1.45. The topological polar surface area (TPSA) is 110 Å². The van der Waals surface area contributed by atoms with E-state index >= 15 is 0 Å². The number of hydrogen-bond acceptors (Lipinski definition) is 5. The molecule has 0 aliphatic heterocycles. The van der Waals surface area contributed by atoms with Gasteiger partial charge in [-0.3, -0.25) is 14.9 Å². The molecule has 0 saturated heterocycles. The predicted molar refractivity (Wildman–Crippen MR) is 45.3 cm³/mol. The number of carbonyl (C=O) groups is 2. The van der Waals surface area contributed by atoms with Crippen LogP contribution in [0.25, 0.3) is 0 Å². The third kappa shape index (κ3) is 5.01. The van der Waals surface area contributed by atoms with Gasteiger partial charge in [-0.2, -0.15) is 12.6 Å². The maximum absolute atomic E-state index is 10.7. The first kappa shape index (κ1) is 11.7. The molecule has 74 valence electrons. The zero-order valence-electron chi connectivity index (χ0n) is 6.47. The SMILES string of the molecule is O=C(C[N+](=O)[O-])N[C@@H](CS)C(=O)O. The third-order valence-electron chi connectivity index (χ3n) is 1.09. The van der Waals surface area contributed by atoms with Crippen molar-refractivity contribution in [3.8, 4) is 0 Å². The Kier molecular flexibility index (Phi) is 4.82. The lowest BCUT2D eigenvalue weighted by atomic mass is 10.3. The van der Waals surface area contributed by atoms with E-state index in [0.717, 1.165) is 0 Å². The molecule has 1 atom stereocenters. The summed E-state index contributed by atoms with van der Waals surface area (Å²) in [5, 5.41) is 20.2. The van der Waals surface area contributed by atoms with Gasteiger partial charge in [0.25, 0.3) is 12.5 Å². The largest absolute Gasteiger partial charge is 0.480 e. The number of amides is 1. The Morgan fingerprint density at radius 3 is 2.46 bits per heavy atom. The minimum absolute atomic E-state index is 0.112. The Labute approximate surface area is 78.7 Å². The maximum atomic E-state index is 10.7. The van der Waals surface area contributed by atoms with Gasteiger partial charge in [-0.1, -0.05) is 0 Å². The van der Waals surface area contributed by atoms with E-state index in [4.69, 9.17) is 5.11 Å². The monoisotopic (exact) mass is 208 g/mol. The highest BCUT2D eigenvalue weighted by molar-refractivity contribution is 7.80. The number of hydrogen-bond donors (Lipinski definition) is 3. The predicted octanol–water partition coefficient (Wildman–Crippen LogP) is -1.24. The number of aliphatic carboxylic acids is 1. The lowest BCUT2D eigenvalue weighted by Crippen LogP contribution is -2.44. The number of carbonyl (C=O) groups excluding carboxylic acids is 1. The molecular formula is C5H8N2O5S. The molecule has 1 amide bonds. The van der Waals surface area contributed by atoms with Gasteiger partial charge in [-0.05, 0) is 0 Å². The average molecular weight is 208 g/mol. The van der Waals surface area contributed by atoms with E-state index in [-0.39, 0.29) is 5.75 Å². The number of carboxylic acid groups (broad SMARTS) is 1. The van der Waals surface area contributed by atoms with Gasteiger partial charge in [0, 0.05) is 10.7 Å². The van der Waals surface area contributed by atoms with Crippen molar-refractivity contribution in [1.82, 2.24) is 5.32 Å². The summed E-state index contributed by atoms with van der Waals surface area (Å²) >= 11 is 3.65. The van der Waals surface area contributed by atoms with E-state index in [2.05, 4.69) is 12.6 Å². The fraction of sp³-hybridized carbons (Fsp3) is 0.600. The van der Waals surface area contributed by atoms with Gasteiger partial charge in [0.15, 0.2) is 0 Å². The first-order valence-electron chi connectivity index (χ1n) is 3.22. The Balaban J connectivity index is 4.01. The molecule has 0 aromatic carbocycles. The summed E-state index contributed by atoms with van der Waals surface area (Å²) in [5.74, 6) is -2.32. The molecule has 0 fully saturated rings. The molecule has 0 rings (SSSR count). The van der Waals surface area contributed by atoms with Gasteiger partial charge in [-0.25, -0.2) is 4.79 Å². The fourth-order valence-electron chi connectivity index (χ4n) is 0.543. The molecule has 0 saturated carbocycles. The molecule has 0 bridgehead atoms. The molecule has 0 aliphatic carbocycles. The quantitative estimate of drug-likeness (QED) is 0.297. The van der Waals surface area contributed by atoms with Crippen LogP contribution < -0.4 is 5.32 Å². The Morgan fingerprint density at radius 1 is 1.62 bits per heavy atom. The molecule has 13 heavy (non-hydrogen) atoms. The van der Waals surface area contributed by atoms with Gasteiger partial charge >= 0.3 is 5.97 Å². The molecule has 0 heterocycles. The van der Waals surface area contributed by atoms with E-state index < -0.39 is 29.4 Å². The first-order valence-corrected chi connectivity index (χ1v) is 3.85. The van der Waals surface area contributed by atoms with E-state index in [1.54, 1.807) is 0 Å². The molecule has 0 spiro atoms. The molecule has 0 radical (unpaired) electrons. The molecule has 0 unspecified atom stereocenters. The van der Waals surface area contributed by atoms with Crippen molar-refractivity contribution in [2.45, 2.75) is 6.04 Å². The Hall–Kier alpha value is -1.31. The van der Waals surface area contributed by atoms with Crippen molar-refractivity contribution in [1.29, 1.82) is 0 Å². The number of nitro groups is 1.